The molecule has 1 fully saturated rings. The van der Waals surface area contributed by atoms with Crippen LogP contribution in [0.2, 0.25) is 0 Å². The van der Waals surface area contributed by atoms with Crippen molar-refractivity contribution in [3.8, 4) is 0 Å². The Hall–Kier alpha value is -2.91. The maximum absolute atomic E-state index is 12.7. The number of carbonyl (C=O) groups excluding carboxylic acids is 2. The third-order valence-corrected chi connectivity index (χ3v) is 7.07. The number of hydrogen-bond donors (Lipinski definition) is 3. The van der Waals surface area contributed by atoms with Crippen LogP contribution in [0.4, 0.5) is 10.5 Å². The molecule has 0 radical (unpaired) electrons. The molecule has 3 rings (SSSR count). The molecule has 0 atom stereocenters. The SMILES string of the molecule is CC(C)NC(=O)Nc1ccc(C(=O)NCc2ccc(S(=O)(=O)N3CCCCC3)cc2)cc1. The zero-order valence-corrected chi connectivity index (χ0v) is 19.2. The van der Waals surface area contributed by atoms with Gasteiger partial charge in [-0.25, -0.2) is 13.2 Å². The smallest absolute Gasteiger partial charge is 0.319 e. The van der Waals surface area contributed by atoms with Gasteiger partial charge in [-0.15, -0.1) is 0 Å². The number of amides is 3. The number of nitrogens with zero attached hydrogens (tertiary/aromatic N) is 1. The highest BCUT2D eigenvalue weighted by Gasteiger charge is 2.25. The number of carbonyl (C=O) groups is 2. The van der Waals surface area contributed by atoms with E-state index in [2.05, 4.69) is 16.0 Å². The van der Waals surface area contributed by atoms with Crippen molar-refractivity contribution in [2.45, 2.75) is 50.6 Å². The van der Waals surface area contributed by atoms with Crippen molar-refractivity contribution in [1.82, 2.24) is 14.9 Å². The van der Waals surface area contributed by atoms with E-state index in [1.165, 1.54) is 4.31 Å². The van der Waals surface area contributed by atoms with Gasteiger partial charge in [0.15, 0.2) is 0 Å². The molecule has 1 heterocycles. The van der Waals surface area contributed by atoms with Crippen molar-refractivity contribution in [1.29, 1.82) is 0 Å². The molecule has 0 spiro atoms. The number of piperidine rings is 1. The Bertz CT molecular complexity index is 1030. The highest BCUT2D eigenvalue weighted by Crippen LogP contribution is 2.21. The summed E-state index contributed by atoms with van der Waals surface area (Å²) in [5.41, 5.74) is 1.86. The quantitative estimate of drug-likeness (QED) is 0.591. The van der Waals surface area contributed by atoms with Crippen LogP contribution >= 0.6 is 0 Å². The minimum Gasteiger partial charge on any atom is -0.348 e. The molecule has 1 aliphatic heterocycles. The second kappa shape index (κ2) is 10.6. The lowest BCUT2D eigenvalue weighted by Gasteiger charge is -2.25. The molecule has 9 heteroatoms. The van der Waals surface area contributed by atoms with Crippen molar-refractivity contribution in [3.05, 3.63) is 59.7 Å². The summed E-state index contributed by atoms with van der Waals surface area (Å²) in [6, 6.07) is 12.9. The summed E-state index contributed by atoms with van der Waals surface area (Å²) in [5, 5.41) is 8.26. The molecule has 0 aromatic heterocycles. The largest absolute Gasteiger partial charge is 0.348 e. The van der Waals surface area contributed by atoms with Gasteiger partial charge in [0.2, 0.25) is 10.0 Å². The van der Waals surface area contributed by atoms with Gasteiger partial charge in [-0.2, -0.15) is 4.31 Å². The van der Waals surface area contributed by atoms with Gasteiger partial charge in [0.1, 0.15) is 0 Å². The molecule has 0 saturated carbocycles. The van der Waals surface area contributed by atoms with Crippen LogP contribution in [0.1, 0.15) is 49.0 Å². The second-order valence-electron chi connectivity index (χ2n) is 8.12. The van der Waals surface area contributed by atoms with Gasteiger partial charge in [-0.3, -0.25) is 4.79 Å². The van der Waals surface area contributed by atoms with Crippen LogP contribution < -0.4 is 16.0 Å². The van der Waals surface area contributed by atoms with Crippen molar-refractivity contribution < 1.29 is 18.0 Å². The Morgan fingerprint density at radius 3 is 2.16 bits per heavy atom. The van der Waals surface area contributed by atoms with E-state index >= 15 is 0 Å². The van der Waals surface area contributed by atoms with Gasteiger partial charge in [-0.1, -0.05) is 18.6 Å². The molecule has 32 heavy (non-hydrogen) atoms. The molecule has 8 nitrogen and oxygen atoms in total. The Morgan fingerprint density at radius 2 is 1.56 bits per heavy atom. The summed E-state index contributed by atoms with van der Waals surface area (Å²) in [7, 11) is -3.46. The van der Waals surface area contributed by atoms with E-state index in [-0.39, 0.29) is 29.4 Å². The van der Waals surface area contributed by atoms with Crippen LogP contribution in [0, 0.1) is 0 Å². The monoisotopic (exact) mass is 458 g/mol. The number of urea groups is 1. The number of anilines is 1. The number of sulfonamides is 1. The maximum atomic E-state index is 12.7. The third kappa shape index (κ3) is 6.30. The van der Waals surface area contributed by atoms with Gasteiger partial charge in [0, 0.05) is 36.9 Å². The van der Waals surface area contributed by atoms with Gasteiger partial charge >= 0.3 is 6.03 Å². The molecule has 2 aromatic rings. The van der Waals surface area contributed by atoms with Crippen molar-refractivity contribution in [2.75, 3.05) is 18.4 Å². The number of nitrogens with one attached hydrogen (secondary N) is 3. The zero-order chi connectivity index (χ0) is 23.1. The lowest BCUT2D eigenvalue weighted by Crippen LogP contribution is -2.35. The van der Waals surface area contributed by atoms with Crippen molar-refractivity contribution >= 4 is 27.6 Å². The topological polar surface area (TPSA) is 108 Å². The van der Waals surface area contributed by atoms with Crippen LogP contribution in [0.3, 0.4) is 0 Å². The van der Waals surface area contributed by atoms with E-state index in [1.54, 1.807) is 48.5 Å². The first-order valence-electron chi connectivity index (χ1n) is 10.8. The third-order valence-electron chi connectivity index (χ3n) is 5.15. The summed E-state index contributed by atoms with van der Waals surface area (Å²) in [6.45, 7) is 5.15. The zero-order valence-electron chi connectivity index (χ0n) is 18.4. The average molecular weight is 459 g/mol. The number of benzene rings is 2. The van der Waals surface area contributed by atoms with Crippen LogP contribution in [-0.2, 0) is 16.6 Å². The lowest BCUT2D eigenvalue weighted by molar-refractivity contribution is 0.0951. The Morgan fingerprint density at radius 1 is 0.938 bits per heavy atom. The fraction of sp³-hybridized carbons (Fsp3) is 0.391. The second-order valence-corrected chi connectivity index (χ2v) is 10.1. The minimum absolute atomic E-state index is 0.0268. The molecule has 0 aliphatic carbocycles. The minimum atomic E-state index is -3.46. The molecular weight excluding hydrogens is 428 g/mol. The van der Waals surface area contributed by atoms with Crippen molar-refractivity contribution in [3.63, 3.8) is 0 Å². The van der Waals surface area contributed by atoms with E-state index < -0.39 is 10.0 Å². The Balaban J connectivity index is 1.54. The first kappa shape index (κ1) is 23.7. The van der Waals surface area contributed by atoms with Crippen LogP contribution in [-0.4, -0.2) is 43.8 Å². The highest BCUT2D eigenvalue weighted by molar-refractivity contribution is 7.89. The summed E-state index contributed by atoms with van der Waals surface area (Å²) in [5.74, 6) is -0.256. The van der Waals surface area contributed by atoms with Gasteiger partial charge < -0.3 is 16.0 Å². The van der Waals surface area contributed by atoms with E-state index in [1.807, 2.05) is 13.8 Å². The number of rotatable bonds is 7. The molecule has 172 valence electrons. The summed E-state index contributed by atoms with van der Waals surface area (Å²) < 4.78 is 27.0. The molecule has 0 unspecified atom stereocenters. The average Bonchev–Trinajstić information content (AvgIpc) is 2.78. The Labute approximate surface area is 189 Å². The standard InChI is InChI=1S/C23H30N4O4S/c1-17(2)25-23(29)26-20-10-8-19(9-11-20)22(28)24-16-18-6-12-21(13-7-18)32(30,31)27-14-4-3-5-15-27/h6-13,17H,3-5,14-16H2,1-2H3,(H,24,28)(H2,25,26,29). The first-order chi connectivity index (χ1) is 15.3. The van der Waals surface area contributed by atoms with E-state index in [9.17, 15) is 18.0 Å². The van der Waals surface area contributed by atoms with E-state index in [0.717, 1.165) is 24.8 Å². The molecule has 1 saturated heterocycles. The van der Waals surface area contributed by atoms with Gasteiger partial charge in [0.25, 0.3) is 5.91 Å². The predicted molar refractivity (Wildman–Crippen MR) is 124 cm³/mol. The fourth-order valence-electron chi connectivity index (χ4n) is 3.45. The molecule has 1 aliphatic rings. The molecule has 3 amide bonds. The van der Waals surface area contributed by atoms with E-state index in [0.29, 0.717) is 24.3 Å². The van der Waals surface area contributed by atoms with Crippen LogP contribution in [0.5, 0.6) is 0 Å². The van der Waals surface area contributed by atoms with Crippen LogP contribution in [0.15, 0.2) is 53.4 Å². The maximum Gasteiger partial charge on any atom is 0.319 e. The molecule has 2 aromatic carbocycles. The first-order valence-corrected chi connectivity index (χ1v) is 12.2. The fourth-order valence-corrected chi connectivity index (χ4v) is 4.97. The van der Waals surface area contributed by atoms with Crippen LogP contribution in [0.25, 0.3) is 0 Å². The summed E-state index contributed by atoms with van der Waals surface area (Å²) >= 11 is 0. The van der Waals surface area contributed by atoms with Gasteiger partial charge in [0.05, 0.1) is 4.90 Å². The summed E-state index contributed by atoms with van der Waals surface area (Å²) in [6.07, 6.45) is 2.86. The predicted octanol–water partition coefficient (Wildman–Crippen LogP) is 3.32. The molecule has 3 N–H and O–H groups in total. The Kier molecular flexibility index (Phi) is 7.87. The highest BCUT2D eigenvalue weighted by atomic mass is 32.2. The molecular formula is C23H30N4O4S. The summed E-state index contributed by atoms with van der Waals surface area (Å²) in [4.78, 5) is 24.4. The van der Waals surface area contributed by atoms with E-state index in [4.69, 9.17) is 0 Å². The van der Waals surface area contributed by atoms with Gasteiger partial charge in [-0.05, 0) is 68.7 Å². The molecule has 0 bridgehead atoms. The lowest BCUT2D eigenvalue weighted by atomic mass is 10.1. The van der Waals surface area contributed by atoms with Crippen molar-refractivity contribution in [2.24, 2.45) is 0 Å². The normalized spacial score (nSPS) is 14.7. The number of hydrogen-bond acceptors (Lipinski definition) is 4.